The first-order chi connectivity index (χ1) is 10.4. The monoisotopic (exact) mass is 299 g/mol. The van der Waals surface area contributed by atoms with Crippen molar-refractivity contribution in [3.8, 4) is 0 Å². The molecular formula is C17H18ClN3. The summed E-state index contributed by atoms with van der Waals surface area (Å²) in [4.78, 5) is 8.79. The maximum Gasteiger partial charge on any atom is 0.111 e. The van der Waals surface area contributed by atoms with Crippen LogP contribution in [0.2, 0.25) is 0 Å². The minimum absolute atomic E-state index is 0.593. The van der Waals surface area contributed by atoms with Crippen molar-refractivity contribution in [3.63, 3.8) is 0 Å². The third kappa shape index (κ3) is 3.24. The molecule has 0 unspecified atom stereocenters. The molecule has 2 aromatic heterocycles. The minimum Gasteiger partial charge on any atom is -0.328 e. The third-order valence-corrected chi connectivity index (χ3v) is 3.83. The maximum atomic E-state index is 5.90. The molecule has 21 heavy (non-hydrogen) atoms. The van der Waals surface area contributed by atoms with E-state index >= 15 is 0 Å². The molecule has 0 aliphatic rings. The second kappa shape index (κ2) is 6.72. The summed E-state index contributed by atoms with van der Waals surface area (Å²) in [5, 5.41) is 0. The van der Waals surface area contributed by atoms with Crippen molar-refractivity contribution in [1.82, 2.24) is 14.5 Å². The molecule has 0 aliphatic carbocycles. The molecule has 2 heterocycles. The number of hydrogen-bond donors (Lipinski definition) is 0. The van der Waals surface area contributed by atoms with Gasteiger partial charge in [-0.25, -0.2) is 4.98 Å². The number of imidazole rings is 1. The fourth-order valence-electron chi connectivity index (χ4n) is 2.64. The van der Waals surface area contributed by atoms with Crippen LogP contribution in [0.3, 0.4) is 0 Å². The lowest BCUT2D eigenvalue weighted by Gasteiger charge is -2.08. The fourth-order valence-corrected chi connectivity index (χ4v) is 2.81. The van der Waals surface area contributed by atoms with Gasteiger partial charge in [-0.05, 0) is 24.5 Å². The number of nitrogens with zero attached hydrogens (tertiary/aromatic N) is 3. The molecular weight excluding hydrogens is 282 g/mol. The van der Waals surface area contributed by atoms with Crippen LogP contribution in [0.4, 0.5) is 0 Å². The minimum atomic E-state index is 0.593. The molecule has 0 saturated heterocycles. The van der Waals surface area contributed by atoms with Gasteiger partial charge in [0.15, 0.2) is 0 Å². The molecule has 0 atom stereocenters. The summed E-state index contributed by atoms with van der Waals surface area (Å²) in [6.45, 7) is 0.960. The highest BCUT2D eigenvalue weighted by molar-refractivity contribution is 6.17. The molecule has 3 aromatic rings. The molecule has 0 N–H and O–H groups in total. The van der Waals surface area contributed by atoms with Crippen molar-refractivity contribution < 1.29 is 0 Å². The van der Waals surface area contributed by atoms with Crippen LogP contribution < -0.4 is 0 Å². The molecule has 0 amide bonds. The van der Waals surface area contributed by atoms with E-state index in [2.05, 4.69) is 44.9 Å². The Kier molecular flexibility index (Phi) is 4.51. The lowest BCUT2D eigenvalue weighted by molar-refractivity contribution is 0.629. The Morgan fingerprint density at radius 2 is 1.90 bits per heavy atom. The van der Waals surface area contributed by atoms with Gasteiger partial charge in [0.1, 0.15) is 11.3 Å². The number of aryl methyl sites for hydroxylation is 3. The van der Waals surface area contributed by atoms with Crippen LogP contribution in [-0.4, -0.2) is 20.4 Å². The standard InChI is InChI=1S/C17H18ClN3/c18-10-8-17-20-15-13-19-11-9-16(15)21(17)12-4-7-14-5-2-1-3-6-14/h1-3,5-6,9,11,13H,4,7-8,10,12H2. The van der Waals surface area contributed by atoms with Crippen molar-refractivity contribution in [2.45, 2.75) is 25.8 Å². The summed E-state index contributed by atoms with van der Waals surface area (Å²) >= 11 is 5.90. The molecule has 108 valence electrons. The predicted molar refractivity (Wildman–Crippen MR) is 86.7 cm³/mol. The number of aromatic nitrogens is 3. The van der Waals surface area contributed by atoms with E-state index in [0.717, 1.165) is 42.7 Å². The number of pyridine rings is 1. The lowest BCUT2D eigenvalue weighted by Crippen LogP contribution is -2.05. The first-order valence-corrected chi connectivity index (χ1v) is 7.81. The Labute approximate surface area is 129 Å². The van der Waals surface area contributed by atoms with Gasteiger partial charge < -0.3 is 4.57 Å². The van der Waals surface area contributed by atoms with Crippen LogP contribution >= 0.6 is 11.6 Å². The number of halogens is 1. The molecule has 0 spiro atoms. The fraction of sp³-hybridized carbons (Fsp3) is 0.294. The van der Waals surface area contributed by atoms with E-state index < -0.39 is 0 Å². The first kappa shape index (κ1) is 14.1. The van der Waals surface area contributed by atoms with E-state index in [0.29, 0.717) is 5.88 Å². The average molecular weight is 300 g/mol. The average Bonchev–Trinajstić information content (AvgIpc) is 2.87. The van der Waals surface area contributed by atoms with Gasteiger partial charge in [-0.3, -0.25) is 4.98 Å². The summed E-state index contributed by atoms with van der Waals surface area (Å²) in [7, 11) is 0. The van der Waals surface area contributed by atoms with E-state index in [1.807, 2.05) is 18.5 Å². The predicted octanol–water partition coefficient (Wildman–Crippen LogP) is 3.85. The Morgan fingerprint density at radius 1 is 1.05 bits per heavy atom. The highest BCUT2D eigenvalue weighted by Crippen LogP contribution is 2.17. The molecule has 0 bridgehead atoms. The largest absolute Gasteiger partial charge is 0.328 e. The van der Waals surface area contributed by atoms with Gasteiger partial charge in [-0.2, -0.15) is 0 Å². The van der Waals surface area contributed by atoms with Crippen LogP contribution in [-0.2, 0) is 19.4 Å². The molecule has 1 aromatic carbocycles. The Bertz CT molecular complexity index is 706. The van der Waals surface area contributed by atoms with E-state index in [9.17, 15) is 0 Å². The highest BCUT2D eigenvalue weighted by Gasteiger charge is 2.09. The highest BCUT2D eigenvalue weighted by atomic mass is 35.5. The smallest absolute Gasteiger partial charge is 0.111 e. The van der Waals surface area contributed by atoms with Gasteiger partial charge in [-0.1, -0.05) is 30.3 Å². The summed E-state index contributed by atoms with van der Waals surface area (Å²) < 4.78 is 2.28. The van der Waals surface area contributed by atoms with Gasteiger partial charge in [0, 0.05) is 25.0 Å². The second-order valence-electron chi connectivity index (χ2n) is 5.07. The SMILES string of the molecule is ClCCc1nc2cnccc2n1CCCc1ccccc1. The summed E-state index contributed by atoms with van der Waals surface area (Å²) in [6, 6.07) is 12.6. The number of hydrogen-bond acceptors (Lipinski definition) is 2. The molecule has 0 saturated carbocycles. The molecule has 4 heteroatoms. The Hall–Kier alpha value is -1.87. The molecule has 3 rings (SSSR count). The summed E-state index contributed by atoms with van der Waals surface area (Å²) in [6.07, 6.45) is 6.60. The quantitative estimate of drug-likeness (QED) is 0.647. The van der Waals surface area contributed by atoms with Crippen LogP contribution in [0.5, 0.6) is 0 Å². The van der Waals surface area contributed by atoms with Gasteiger partial charge in [0.2, 0.25) is 0 Å². The van der Waals surface area contributed by atoms with Crippen LogP contribution in [0.25, 0.3) is 11.0 Å². The topological polar surface area (TPSA) is 30.7 Å². The number of alkyl halides is 1. The van der Waals surface area contributed by atoms with Crippen molar-refractivity contribution in [3.05, 3.63) is 60.2 Å². The number of benzene rings is 1. The molecule has 0 fully saturated rings. The van der Waals surface area contributed by atoms with Crippen molar-refractivity contribution in [2.75, 3.05) is 5.88 Å². The third-order valence-electron chi connectivity index (χ3n) is 3.64. The normalized spacial score (nSPS) is 11.1. The molecule has 3 nitrogen and oxygen atoms in total. The van der Waals surface area contributed by atoms with Gasteiger partial charge in [0.05, 0.1) is 11.7 Å². The van der Waals surface area contributed by atoms with Gasteiger partial charge in [-0.15, -0.1) is 11.6 Å². The molecule has 0 aliphatic heterocycles. The van der Waals surface area contributed by atoms with Crippen LogP contribution in [0.15, 0.2) is 48.8 Å². The Morgan fingerprint density at radius 3 is 2.71 bits per heavy atom. The zero-order chi connectivity index (χ0) is 14.5. The van der Waals surface area contributed by atoms with Crippen LogP contribution in [0, 0.1) is 0 Å². The van der Waals surface area contributed by atoms with Crippen molar-refractivity contribution in [2.24, 2.45) is 0 Å². The lowest BCUT2D eigenvalue weighted by atomic mass is 10.1. The van der Waals surface area contributed by atoms with Gasteiger partial charge in [0.25, 0.3) is 0 Å². The van der Waals surface area contributed by atoms with E-state index in [4.69, 9.17) is 11.6 Å². The van der Waals surface area contributed by atoms with E-state index in [-0.39, 0.29) is 0 Å². The van der Waals surface area contributed by atoms with Crippen molar-refractivity contribution >= 4 is 22.6 Å². The second-order valence-corrected chi connectivity index (χ2v) is 5.45. The summed E-state index contributed by atoms with van der Waals surface area (Å²) in [5.41, 5.74) is 3.48. The van der Waals surface area contributed by atoms with Crippen molar-refractivity contribution in [1.29, 1.82) is 0 Å². The Balaban J connectivity index is 1.77. The maximum absolute atomic E-state index is 5.90. The number of rotatable bonds is 6. The van der Waals surface area contributed by atoms with E-state index in [1.165, 1.54) is 5.56 Å². The zero-order valence-electron chi connectivity index (χ0n) is 11.9. The van der Waals surface area contributed by atoms with Crippen LogP contribution in [0.1, 0.15) is 17.8 Å². The molecule has 0 radical (unpaired) electrons. The van der Waals surface area contributed by atoms with E-state index in [1.54, 1.807) is 0 Å². The summed E-state index contributed by atoms with van der Waals surface area (Å²) in [5.74, 6) is 1.65. The zero-order valence-corrected chi connectivity index (χ0v) is 12.6. The van der Waals surface area contributed by atoms with Gasteiger partial charge >= 0.3 is 0 Å². The number of fused-ring (bicyclic) bond motifs is 1. The first-order valence-electron chi connectivity index (χ1n) is 7.27.